The molecule has 1 fully saturated rings. The molecule has 3 rings (SSSR count). The summed E-state index contributed by atoms with van der Waals surface area (Å²) in [7, 11) is 0. The molecule has 0 N–H and O–H groups in total. The van der Waals surface area contributed by atoms with E-state index >= 15 is 0 Å². The van der Waals surface area contributed by atoms with Crippen molar-refractivity contribution in [1.29, 1.82) is 0 Å². The second-order valence-corrected chi connectivity index (χ2v) is 9.58. The molecule has 0 radical (unpaired) electrons. The van der Waals surface area contributed by atoms with Crippen LogP contribution >= 0.6 is 0 Å². The van der Waals surface area contributed by atoms with Gasteiger partial charge in [-0.3, -0.25) is 0 Å². The van der Waals surface area contributed by atoms with E-state index in [0.717, 1.165) is 54.9 Å². The Kier molecular flexibility index (Phi) is 12.1. The van der Waals surface area contributed by atoms with Gasteiger partial charge in [0.05, 0.1) is 25.6 Å². The molecule has 2 aromatic rings. The number of nitrogens with zero attached hydrogens (tertiary/aromatic N) is 2. The molecular weight excluding hydrogens is 408 g/mol. The smallest absolute Gasteiger partial charge is 0.159 e. The lowest BCUT2D eigenvalue weighted by Crippen LogP contribution is -1.99. The molecular formula is C29H44N2O2. The fourth-order valence-electron chi connectivity index (χ4n) is 4.69. The zero-order valence-electron chi connectivity index (χ0n) is 20.8. The van der Waals surface area contributed by atoms with Crippen molar-refractivity contribution in [1.82, 2.24) is 9.97 Å². The zero-order valence-corrected chi connectivity index (χ0v) is 20.8. The zero-order chi connectivity index (χ0) is 23.0. The van der Waals surface area contributed by atoms with E-state index < -0.39 is 0 Å². The van der Waals surface area contributed by atoms with Gasteiger partial charge in [0.25, 0.3) is 0 Å². The highest BCUT2D eigenvalue weighted by molar-refractivity contribution is 5.56. The van der Waals surface area contributed by atoms with Crippen molar-refractivity contribution < 1.29 is 9.47 Å². The van der Waals surface area contributed by atoms with E-state index in [-0.39, 0.29) is 0 Å². The molecule has 0 unspecified atom stereocenters. The van der Waals surface area contributed by atoms with Gasteiger partial charge in [-0.25, -0.2) is 9.97 Å². The third-order valence-electron chi connectivity index (χ3n) is 6.76. The lowest BCUT2D eigenvalue weighted by Gasteiger charge is -2.09. The number of unbranched alkanes of at least 4 members (excludes halogenated alkanes) is 8. The van der Waals surface area contributed by atoms with E-state index in [1.807, 2.05) is 24.3 Å². The molecule has 1 heterocycles. The Labute approximate surface area is 201 Å². The molecule has 1 aromatic carbocycles. The van der Waals surface area contributed by atoms with Crippen LogP contribution in [-0.2, 0) is 0 Å². The van der Waals surface area contributed by atoms with Crippen molar-refractivity contribution in [3.05, 3.63) is 36.7 Å². The summed E-state index contributed by atoms with van der Waals surface area (Å²) in [6.45, 7) is 3.76. The number of hydrogen-bond donors (Lipinski definition) is 0. The summed E-state index contributed by atoms with van der Waals surface area (Å²) in [4.78, 5) is 8.93. The van der Waals surface area contributed by atoms with Crippen LogP contribution in [0.2, 0.25) is 0 Å². The van der Waals surface area contributed by atoms with E-state index in [4.69, 9.17) is 9.47 Å². The Hall–Kier alpha value is -2.10. The van der Waals surface area contributed by atoms with Crippen molar-refractivity contribution in [2.45, 2.75) is 103 Å². The van der Waals surface area contributed by atoms with E-state index in [2.05, 4.69) is 16.9 Å². The Balaban J connectivity index is 1.26. The van der Waals surface area contributed by atoms with Gasteiger partial charge in [0.2, 0.25) is 0 Å². The Bertz CT molecular complexity index is 739. The van der Waals surface area contributed by atoms with Gasteiger partial charge in [-0.1, -0.05) is 90.4 Å². The van der Waals surface area contributed by atoms with E-state index in [9.17, 15) is 0 Å². The number of benzene rings is 1. The van der Waals surface area contributed by atoms with Crippen LogP contribution in [0.4, 0.5) is 0 Å². The third-order valence-corrected chi connectivity index (χ3v) is 6.76. The number of ether oxygens (including phenoxy) is 2. The molecule has 1 aliphatic carbocycles. The molecule has 1 aromatic heterocycles. The van der Waals surface area contributed by atoms with Crippen LogP contribution in [0.1, 0.15) is 103 Å². The summed E-state index contributed by atoms with van der Waals surface area (Å²) in [5, 5.41) is 0. The first-order chi connectivity index (χ1) is 16.3. The van der Waals surface area contributed by atoms with Crippen LogP contribution in [0, 0.1) is 5.92 Å². The monoisotopic (exact) mass is 452 g/mol. The van der Waals surface area contributed by atoms with E-state index in [0.29, 0.717) is 0 Å². The molecule has 0 atom stereocenters. The van der Waals surface area contributed by atoms with E-state index in [1.54, 1.807) is 12.4 Å². The minimum absolute atomic E-state index is 0.717. The highest BCUT2D eigenvalue weighted by atomic mass is 16.5. The van der Waals surface area contributed by atoms with Gasteiger partial charge in [0.15, 0.2) is 11.6 Å². The van der Waals surface area contributed by atoms with Gasteiger partial charge >= 0.3 is 0 Å². The highest BCUT2D eigenvalue weighted by Crippen LogP contribution is 2.29. The summed E-state index contributed by atoms with van der Waals surface area (Å²) in [6, 6.07) is 8.09. The normalized spacial score (nSPS) is 14.0. The molecule has 33 heavy (non-hydrogen) atoms. The summed E-state index contributed by atoms with van der Waals surface area (Å²) in [6.07, 6.45) is 23.6. The third kappa shape index (κ3) is 10.1. The lowest BCUT2D eigenvalue weighted by molar-refractivity contribution is 0.302. The fraction of sp³-hybridized carbons (Fsp3) is 0.655. The summed E-state index contributed by atoms with van der Waals surface area (Å²) in [5.41, 5.74) is 0.996. The van der Waals surface area contributed by atoms with Crippen molar-refractivity contribution in [2.24, 2.45) is 5.92 Å². The van der Waals surface area contributed by atoms with Crippen LogP contribution in [0.3, 0.4) is 0 Å². The largest absolute Gasteiger partial charge is 0.494 e. The SMILES string of the molecule is CCCCCCCOc1cnc(-c2ccc(OCCCCCCCC3CCCC3)cc2)nc1. The molecule has 1 saturated carbocycles. The number of rotatable bonds is 17. The van der Waals surface area contributed by atoms with Crippen LogP contribution < -0.4 is 9.47 Å². The second kappa shape index (κ2) is 15.7. The Morgan fingerprint density at radius 2 is 1.27 bits per heavy atom. The van der Waals surface area contributed by atoms with Crippen molar-refractivity contribution in [2.75, 3.05) is 13.2 Å². The van der Waals surface area contributed by atoms with Gasteiger partial charge in [0.1, 0.15) is 5.75 Å². The predicted molar refractivity (Wildman–Crippen MR) is 137 cm³/mol. The first-order valence-corrected chi connectivity index (χ1v) is 13.5. The minimum Gasteiger partial charge on any atom is -0.494 e. The summed E-state index contributed by atoms with van der Waals surface area (Å²) < 4.78 is 11.7. The van der Waals surface area contributed by atoms with E-state index in [1.165, 1.54) is 83.5 Å². The van der Waals surface area contributed by atoms with Gasteiger partial charge in [-0.15, -0.1) is 0 Å². The number of aromatic nitrogens is 2. The maximum Gasteiger partial charge on any atom is 0.159 e. The van der Waals surface area contributed by atoms with Crippen LogP contribution in [0.5, 0.6) is 11.5 Å². The molecule has 1 aliphatic rings. The number of hydrogen-bond acceptors (Lipinski definition) is 4. The molecule has 0 amide bonds. The summed E-state index contributed by atoms with van der Waals surface area (Å²) in [5.74, 6) is 3.42. The maximum atomic E-state index is 5.92. The minimum atomic E-state index is 0.717. The van der Waals surface area contributed by atoms with Crippen molar-refractivity contribution in [3.8, 4) is 22.9 Å². The average molecular weight is 453 g/mol. The van der Waals surface area contributed by atoms with Gasteiger partial charge in [-0.05, 0) is 43.0 Å². The molecule has 0 aliphatic heterocycles. The second-order valence-electron chi connectivity index (χ2n) is 9.58. The van der Waals surface area contributed by atoms with Crippen LogP contribution in [0.15, 0.2) is 36.7 Å². The van der Waals surface area contributed by atoms with Crippen molar-refractivity contribution >= 4 is 0 Å². The molecule has 4 heteroatoms. The van der Waals surface area contributed by atoms with Crippen LogP contribution in [-0.4, -0.2) is 23.2 Å². The fourth-order valence-corrected chi connectivity index (χ4v) is 4.69. The Morgan fingerprint density at radius 3 is 1.94 bits per heavy atom. The van der Waals surface area contributed by atoms with Gasteiger partial charge < -0.3 is 9.47 Å². The first-order valence-electron chi connectivity index (χ1n) is 13.5. The highest BCUT2D eigenvalue weighted by Gasteiger charge is 2.13. The molecule has 182 valence electrons. The first kappa shape index (κ1) is 25.5. The molecule has 0 spiro atoms. The van der Waals surface area contributed by atoms with Gasteiger partial charge in [-0.2, -0.15) is 0 Å². The van der Waals surface area contributed by atoms with Gasteiger partial charge in [0, 0.05) is 5.56 Å². The molecule has 0 bridgehead atoms. The average Bonchev–Trinajstić information content (AvgIpc) is 3.37. The quantitative estimate of drug-likeness (QED) is 0.226. The standard InChI is InChI=1S/C29H44N2O2/c1-2-3-4-7-12-22-33-28-23-30-29(31-24-28)26-17-19-27(20-18-26)32-21-13-8-5-6-9-14-25-15-10-11-16-25/h17-20,23-25H,2-16,21-22H2,1H3. The van der Waals surface area contributed by atoms with Crippen molar-refractivity contribution in [3.63, 3.8) is 0 Å². The summed E-state index contributed by atoms with van der Waals surface area (Å²) >= 11 is 0. The molecule has 4 nitrogen and oxygen atoms in total. The molecule has 0 saturated heterocycles. The maximum absolute atomic E-state index is 5.92. The lowest BCUT2D eigenvalue weighted by atomic mass is 9.99. The topological polar surface area (TPSA) is 44.2 Å². The Morgan fingerprint density at radius 1 is 0.697 bits per heavy atom. The van der Waals surface area contributed by atoms with Crippen LogP contribution in [0.25, 0.3) is 11.4 Å². The predicted octanol–water partition coefficient (Wildman–Crippen LogP) is 8.40.